The molecule has 0 fully saturated rings. The van der Waals surface area contributed by atoms with Gasteiger partial charge in [0.05, 0.1) is 17.1 Å². The van der Waals surface area contributed by atoms with Gasteiger partial charge in [0.2, 0.25) is 5.76 Å². The summed E-state index contributed by atoms with van der Waals surface area (Å²) in [5.74, 6) is -0.384. The van der Waals surface area contributed by atoms with E-state index in [9.17, 15) is 14.4 Å². The predicted molar refractivity (Wildman–Crippen MR) is 94.5 cm³/mol. The van der Waals surface area contributed by atoms with E-state index in [1.165, 1.54) is 28.9 Å². The highest BCUT2D eigenvalue weighted by atomic mass is 19.1. The zero-order valence-electron chi connectivity index (χ0n) is 14.6. The number of nitrogens with one attached hydrogen (secondary N) is 1. The zero-order chi connectivity index (χ0) is 19.4. The number of nitriles is 1. The number of rotatable bonds is 6. The summed E-state index contributed by atoms with van der Waals surface area (Å²) in [6.07, 6.45) is 0.990. The third kappa shape index (κ3) is 3.95. The van der Waals surface area contributed by atoms with Gasteiger partial charge in [0.1, 0.15) is 23.3 Å². The Hall–Kier alpha value is -3.67. The molecular formula is C18H17FN6O2. The van der Waals surface area contributed by atoms with Crippen molar-refractivity contribution in [3.8, 4) is 11.8 Å². The van der Waals surface area contributed by atoms with Crippen LogP contribution in [-0.4, -0.2) is 27.4 Å². The van der Waals surface area contributed by atoms with Crippen LogP contribution >= 0.6 is 0 Å². The first-order chi connectivity index (χ1) is 13.0. The molecule has 3 rings (SSSR count). The summed E-state index contributed by atoms with van der Waals surface area (Å²) in [6.45, 7) is 2.10. The van der Waals surface area contributed by atoms with Gasteiger partial charge in [0.25, 0.3) is 5.91 Å². The Morgan fingerprint density at radius 3 is 2.78 bits per heavy atom. The van der Waals surface area contributed by atoms with E-state index in [2.05, 4.69) is 21.6 Å². The average molecular weight is 368 g/mol. The third-order valence-corrected chi connectivity index (χ3v) is 3.90. The number of hydrogen-bond donors (Lipinski definition) is 2. The number of benzene rings is 1. The summed E-state index contributed by atoms with van der Waals surface area (Å²) >= 11 is 0. The average Bonchev–Trinajstić information content (AvgIpc) is 3.22. The number of nitrogens with two attached hydrogens (primary N) is 1. The van der Waals surface area contributed by atoms with E-state index in [-0.39, 0.29) is 28.9 Å². The molecule has 0 saturated carbocycles. The van der Waals surface area contributed by atoms with Crippen LogP contribution in [0.3, 0.4) is 0 Å². The maximum atomic E-state index is 13.1. The van der Waals surface area contributed by atoms with Crippen molar-refractivity contribution in [3.63, 3.8) is 0 Å². The number of halogens is 1. The fourth-order valence-electron chi connectivity index (χ4n) is 2.57. The quantitative estimate of drug-likeness (QED) is 0.643. The number of nitrogens with zero attached hydrogens (tertiary/aromatic N) is 4. The Kier molecular flexibility index (Phi) is 5.17. The van der Waals surface area contributed by atoms with E-state index in [0.29, 0.717) is 36.5 Å². The molecule has 27 heavy (non-hydrogen) atoms. The van der Waals surface area contributed by atoms with Gasteiger partial charge in [0.15, 0.2) is 0 Å². The fraction of sp³-hybridized carbons (Fsp3) is 0.222. The van der Waals surface area contributed by atoms with Crippen molar-refractivity contribution >= 4 is 11.7 Å². The Morgan fingerprint density at radius 1 is 1.41 bits per heavy atom. The zero-order valence-corrected chi connectivity index (χ0v) is 14.6. The van der Waals surface area contributed by atoms with Crippen LogP contribution in [0.5, 0.6) is 0 Å². The molecule has 0 spiro atoms. The minimum absolute atomic E-state index is 0.148. The van der Waals surface area contributed by atoms with Crippen molar-refractivity contribution in [2.24, 2.45) is 0 Å². The summed E-state index contributed by atoms with van der Waals surface area (Å²) in [5, 5.41) is 20.1. The molecule has 1 amide bonds. The second kappa shape index (κ2) is 7.70. The summed E-state index contributed by atoms with van der Waals surface area (Å²) in [6, 6.07) is 9.25. The molecule has 3 N–H and O–H groups in total. The number of aryl methyl sites for hydroxylation is 2. The lowest BCUT2D eigenvalue weighted by Crippen LogP contribution is -2.24. The molecule has 0 radical (unpaired) electrons. The first-order valence-electron chi connectivity index (χ1n) is 8.24. The van der Waals surface area contributed by atoms with E-state index in [4.69, 9.17) is 10.3 Å². The molecule has 0 aliphatic rings. The molecule has 0 aliphatic carbocycles. The number of amides is 1. The highest BCUT2D eigenvalue weighted by molar-refractivity contribution is 5.91. The van der Waals surface area contributed by atoms with Gasteiger partial charge in [-0.1, -0.05) is 5.16 Å². The molecule has 138 valence electrons. The van der Waals surface area contributed by atoms with Crippen LogP contribution in [-0.2, 0) is 6.42 Å². The lowest BCUT2D eigenvalue weighted by Gasteiger charge is -2.03. The van der Waals surface area contributed by atoms with Crippen LogP contribution in [0.1, 0.15) is 33.9 Å². The highest BCUT2D eigenvalue weighted by Crippen LogP contribution is 2.21. The Morgan fingerprint density at radius 2 is 2.15 bits per heavy atom. The van der Waals surface area contributed by atoms with Crippen LogP contribution in [0.2, 0.25) is 0 Å². The molecule has 1 aromatic carbocycles. The second-order valence-electron chi connectivity index (χ2n) is 5.90. The topological polar surface area (TPSA) is 123 Å². The van der Waals surface area contributed by atoms with E-state index >= 15 is 0 Å². The van der Waals surface area contributed by atoms with E-state index in [1.54, 1.807) is 13.0 Å². The Bertz CT molecular complexity index is 1000. The molecule has 0 aliphatic heterocycles. The van der Waals surface area contributed by atoms with Crippen LogP contribution in [0.4, 0.5) is 10.2 Å². The van der Waals surface area contributed by atoms with Crippen molar-refractivity contribution in [2.45, 2.75) is 19.8 Å². The molecular weight excluding hydrogens is 351 g/mol. The van der Waals surface area contributed by atoms with Crippen molar-refractivity contribution in [2.75, 3.05) is 12.3 Å². The van der Waals surface area contributed by atoms with Gasteiger partial charge in [-0.05, 0) is 44.0 Å². The van der Waals surface area contributed by atoms with Gasteiger partial charge >= 0.3 is 0 Å². The normalized spacial score (nSPS) is 10.6. The maximum absolute atomic E-state index is 13.1. The highest BCUT2D eigenvalue weighted by Gasteiger charge is 2.17. The molecule has 9 heteroatoms. The van der Waals surface area contributed by atoms with Crippen molar-refractivity contribution < 1.29 is 13.7 Å². The van der Waals surface area contributed by atoms with E-state index in [0.717, 1.165) is 0 Å². The van der Waals surface area contributed by atoms with Gasteiger partial charge < -0.3 is 15.6 Å². The molecule has 0 saturated heterocycles. The number of anilines is 1. The summed E-state index contributed by atoms with van der Waals surface area (Å²) < 4.78 is 19.4. The van der Waals surface area contributed by atoms with Crippen LogP contribution in [0, 0.1) is 24.1 Å². The molecule has 0 atom stereocenters. The molecule has 0 bridgehead atoms. The number of aromatic nitrogens is 3. The molecule has 3 aromatic rings. The number of hydrogen-bond acceptors (Lipinski definition) is 6. The third-order valence-electron chi connectivity index (χ3n) is 3.90. The fourth-order valence-corrected chi connectivity index (χ4v) is 2.57. The van der Waals surface area contributed by atoms with Crippen LogP contribution in [0.25, 0.3) is 5.69 Å². The van der Waals surface area contributed by atoms with Gasteiger partial charge in [-0.25, -0.2) is 9.07 Å². The number of carbonyl (C=O) groups is 1. The van der Waals surface area contributed by atoms with Crippen molar-refractivity contribution in [1.29, 1.82) is 5.26 Å². The molecule has 0 unspecified atom stereocenters. The van der Waals surface area contributed by atoms with Crippen LogP contribution in [0.15, 0.2) is 34.9 Å². The minimum atomic E-state index is -0.372. The molecule has 8 nitrogen and oxygen atoms in total. The predicted octanol–water partition coefficient (Wildman–Crippen LogP) is 2.12. The molecule has 2 aromatic heterocycles. The second-order valence-corrected chi connectivity index (χ2v) is 5.90. The lowest BCUT2D eigenvalue weighted by molar-refractivity contribution is 0.0916. The summed E-state index contributed by atoms with van der Waals surface area (Å²) in [4.78, 5) is 11.9. The molecule has 2 heterocycles. The SMILES string of the molecule is Cc1cc(C(=O)NCCCc2nn(-c3ccc(F)cc3)c(N)c2C#N)on1. The van der Waals surface area contributed by atoms with E-state index in [1.807, 2.05) is 0 Å². The van der Waals surface area contributed by atoms with Crippen LogP contribution < -0.4 is 11.1 Å². The lowest BCUT2D eigenvalue weighted by atomic mass is 10.1. The smallest absolute Gasteiger partial charge is 0.289 e. The first kappa shape index (κ1) is 18.1. The van der Waals surface area contributed by atoms with Crippen molar-refractivity contribution in [1.82, 2.24) is 20.3 Å². The van der Waals surface area contributed by atoms with E-state index < -0.39 is 0 Å². The van der Waals surface area contributed by atoms with Gasteiger partial charge in [0, 0.05) is 12.6 Å². The van der Waals surface area contributed by atoms with Gasteiger partial charge in [-0.2, -0.15) is 10.4 Å². The maximum Gasteiger partial charge on any atom is 0.289 e. The number of nitrogen functional groups attached to an aromatic ring is 1. The standard InChI is InChI=1S/C18H17FN6O2/c1-11-9-16(27-24-11)18(26)22-8-2-3-15-14(10-20)17(21)25(23-15)13-6-4-12(19)5-7-13/h4-7,9H,2-3,8,21H2,1H3,(H,22,26). The summed E-state index contributed by atoms with van der Waals surface area (Å²) in [7, 11) is 0. The summed E-state index contributed by atoms with van der Waals surface area (Å²) in [5.41, 5.74) is 7.99. The van der Waals surface area contributed by atoms with Gasteiger partial charge in [-0.3, -0.25) is 4.79 Å². The van der Waals surface area contributed by atoms with Gasteiger partial charge in [-0.15, -0.1) is 0 Å². The Balaban J connectivity index is 1.65. The monoisotopic (exact) mass is 368 g/mol. The number of carbonyl (C=O) groups excluding carboxylic acids is 1. The van der Waals surface area contributed by atoms with Crippen molar-refractivity contribution in [3.05, 3.63) is 58.9 Å². The Labute approximate surface area is 154 Å². The minimum Gasteiger partial charge on any atom is -0.382 e. The largest absolute Gasteiger partial charge is 0.382 e. The first-order valence-corrected chi connectivity index (χ1v) is 8.24.